The van der Waals surface area contributed by atoms with Crippen molar-refractivity contribution in [1.82, 2.24) is 4.90 Å². The van der Waals surface area contributed by atoms with Crippen LogP contribution in [-0.2, 0) is 9.53 Å². The minimum Gasteiger partial charge on any atom is -0.381 e. The second-order valence-corrected chi connectivity index (χ2v) is 5.12. The molecule has 1 atom stereocenters. The largest absolute Gasteiger partial charge is 0.381 e. The number of nitrogens with zero attached hydrogens (tertiary/aromatic N) is 1. The summed E-state index contributed by atoms with van der Waals surface area (Å²) in [4.78, 5) is 13.3. The van der Waals surface area contributed by atoms with Crippen LogP contribution in [0.1, 0.15) is 40.0 Å². The molecule has 0 amide bonds. The van der Waals surface area contributed by atoms with Gasteiger partial charge in [-0.2, -0.15) is 0 Å². The molecule has 0 aliphatic carbocycles. The van der Waals surface area contributed by atoms with Crippen molar-refractivity contribution in [3.05, 3.63) is 0 Å². The first-order valence-corrected chi connectivity index (χ1v) is 6.41. The summed E-state index contributed by atoms with van der Waals surface area (Å²) in [6.07, 6.45) is 3.10. The summed E-state index contributed by atoms with van der Waals surface area (Å²) in [5.74, 6) is 0.871. The smallest absolute Gasteiger partial charge is 0.132 e. The Bertz CT molecular complexity index is 216. The maximum absolute atomic E-state index is 10.7. The number of carbonyl (C=O) groups excluding carboxylic acids is 1. The van der Waals surface area contributed by atoms with Crippen molar-refractivity contribution in [1.29, 1.82) is 0 Å². The maximum atomic E-state index is 10.7. The van der Waals surface area contributed by atoms with E-state index in [1.165, 1.54) is 19.4 Å². The highest BCUT2D eigenvalue weighted by molar-refractivity contribution is 5.75. The molecule has 0 aromatic heterocycles. The summed E-state index contributed by atoms with van der Waals surface area (Å²) in [7, 11) is 0. The molecular weight excluding hydrogens is 202 g/mol. The van der Waals surface area contributed by atoms with Crippen molar-refractivity contribution < 1.29 is 9.53 Å². The molecule has 1 aliphatic heterocycles. The number of carbonyl (C=O) groups is 1. The molecule has 0 aromatic rings. The van der Waals surface area contributed by atoms with Gasteiger partial charge in [0.05, 0.1) is 13.2 Å². The molecule has 16 heavy (non-hydrogen) atoms. The number of rotatable bonds is 6. The lowest BCUT2D eigenvalue weighted by molar-refractivity contribution is -0.118. The highest BCUT2D eigenvalue weighted by atomic mass is 16.5. The molecule has 1 heterocycles. The maximum Gasteiger partial charge on any atom is 0.132 e. The van der Waals surface area contributed by atoms with E-state index in [1.807, 2.05) is 0 Å². The molecule has 0 saturated carbocycles. The molecular formula is C13H25NO2. The van der Waals surface area contributed by atoms with E-state index >= 15 is 0 Å². The van der Waals surface area contributed by atoms with E-state index in [1.54, 1.807) is 6.92 Å². The average Bonchev–Trinajstić information content (AvgIpc) is 2.24. The van der Waals surface area contributed by atoms with Gasteiger partial charge in [-0.25, -0.2) is 0 Å². The Balaban J connectivity index is 2.14. The van der Waals surface area contributed by atoms with Crippen molar-refractivity contribution in [3.8, 4) is 0 Å². The number of ketones is 1. The monoisotopic (exact) mass is 227 g/mol. The summed E-state index contributed by atoms with van der Waals surface area (Å²) in [6, 6.07) is 0.639. The van der Waals surface area contributed by atoms with Crippen LogP contribution in [0.3, 0.4) is 0 Å². The van der Waals surface area contributed by atoms with Gasteiger partial charge in [0.25, 0.3) is 0 Å². The van der Waals surface area contributed by atoms with Gasteiger partial charge in [-0.05, 0) is 46.1 Å². The lowest BCUT2D eigenvalue weighted by Crippen LogP contribution is -2.41. The van der Waals surface area contributed by atoms with Gasteiger partial charge in [-0.3, -0.25) is 4.79 Å². The van der Waals surface area contributed by atoms with Crippen LogP contribution in [0.2, 0.25) is 0 Å². The molecule has 3 heteroatoms. The van der Waals surface area contributed by atoms with Gasteiger partial charge in [0.2, 0.25) is 0 Å². The van der Waals surface area contributed by atoms with Crippen molar-refractivity contribution in [2.24, 2.45) is 5.92 Å². The molecule has 0 aromatic carbocycles. The lowest BCUT2D eigenvalue weighted by atomic mass is 9.98. The number of hydrogen-bond acceptors (Lipinski definition) is 3. The quantitative estimate of drug-likeness (QED) is 0.651. The summed E-state index contributed by atoms with van der Waals surface area (Å²) in [5.41, 5.74) is 0. The van der Waals surface area contributed by atoms with Gasteiger partial charge < -0.3 is 9.64 Å². The van der Waals surface area contributed by atoms with Gasteiger partial charge in [0.15, 0.2) is 0 Å². The number of hydrogen-bond donors (Lipinski definition) is 0. The molecule has 0 spiro atoms. The molecule has 1 rings (SSSR count). The van der Waals surface area contributed by atoms with E-state index < -0.39 is 0 Å². The van der Waals surface area contributed by atoms with Crippen LogP contribution in [0.5, 0.6) is 0 Å². The Morgan fingerprint density at radius 3 is 2.88 bits per heavy atom. The predicted octanol–water partition coefficient (Wildman–Crippen LogP) is 2.10. The van der Waals surface area contributed by atoms with Crippen LogP contribution >= 0.6 is 0 Å². The highest BCUT2D eigenvalue weighted by Gasteiger charge is 2.21. The number of piperidine rings is 1. The van der Waals surface area contributed by atoms with Gasteiger partial charge >= 0.3 is 0 Å². The summed E-state index contributed by atoms with van der Waals surface area (Å²) >= 11 is 0. The number of ether oxygens (including phenoxy) is 1. The van der Waals surface area contributed by atoms with Gasteiger partial charge in [-0.1, -0.05) is 0 Å². The van der Waals surface area contributed by atoms with E-state index in [0.29, 0.717) is 25.0 Å². The van der Waals surface area contributed by atoms with Gasteiger partial charge in [-0.15, -0.1) is 0 Å². The van der Waals surface area contributed by atoms with Crippen molar-refractivity contribution in [3.63, 3.8) is 0 Å². The lowest BCUT2D eigenvalue weighted by Gasteiger charge is -2.35. The van der Waals surface area contributed by atoms with E-state index in [2.05, 4.69) is 18.7 Å². The highest BCUT2D eigenvalue weighted by Crippen LogP contribution is 2.18. The second-order valence-electron chi connectivity index (χ2n) is 5.12. The molecule has 3 nitrogen and oxygen atoms in total. The standard InChI is InChI=1S/C13H25NO2/c1-11(2)14-7-4-5-13(9-14)10-16-8-6-12(3)15/h11,13H,4-10H2,1-3H3/t13-/m0/s1. The molecule has 94 valence electrons. The van der Waals surface area contributed by atoms with Gasteiger partial charge in [0, 0.05) is 19.0 Å². The average molecular weight is 227 g/mol. The fourth-order valence-corrected chi connectivity index (χ4v) is 2.17. The van der Waals surface area contributed by atoms with E-state index in [-0.39, 0.29) is 5.78 Å². The Labute approximate surface area is 99.1 Å². The minimum absolute atomic E-state index is 0.215. The van der Waals surface area contributed by atoms with Crippen molar-refractivity contribution >= 4 is 5.78 Å². The van der Waals surface area contributed by atoms with Crippen LogP contribution in [0, 0.1) is 5.92 Å². The topological polar surface area (TPSA) is 29.5 Å². The molecule has 1 aliphatic rings. The Morgan fingerprint density at radius 1 is 1.50 bits per heavy atom. The third-order valence-electron chi connectivity index (χ3n) is 3.23. The zero-order valence-electron chi connectivity index (χ0n) is 10.9. The summed E-state index contributed by atoms with van der Waals surface area (Å²) in [5, 5.41) is 0. The normalized spacial score (nSPS) is 22.6. The van der Waals surface area contributed by atoms with Crippen LogP contribution in [0.15, 0.2) is 0 Å². The molecule has 0 unspecified atom stereocenters. The van der Waals surface area contributed by atoms with E-state index in [9.17, 15) is 4.79 Å². The molecule has 1 fully saturated rings. The fourth-order valence-electron chi connectivity index (χ4n) is 2.17. The van der Waals surface area contributed by atoms with Crippen LogP contribution in [-0.4, -0.2) is 43.0 Å². The SMILES string of the molecule is CC(=O)CCOC[C@H]1CCCN(C(C)C)C1. The molecule has 1 saturated heterocycles. The zero-order chi connectivity index (χ0) is 12.0. The van der Waals surface area contributed by atoms with Crippen LogP contribution < -0.4 is 0 Å². The van der Waals surface area contributed by atoms with E-state index in [0.717, 1.165) is 13.2 Å². The zero-order valence-corrected chi connectivity index (χ0v) is 10.9. The first kappa shape index (κ1) is 13.7. The fraction of sp³-hybridized carbons (Fsp3) is 0.923. The number of Topliss-reactive ketones (excluding diaryl/α,β-unsaturated/α-hetero) is 1. The first-order chi connectivity index (χ1) is 7.59. The Kier molecular flexibility index (Phi) is 5.99. The second kappa shape index (κ2) is 7.02. The van der Waals surface area contributed by atoms with Crippen molar-refractivity contribution in [2.75, 3.05) is 26.3 Å². The number of likely N-dealkylation sites (tertiary alicyclic amines) is 1. The van der Waals surface area contributed by atoms with E-state index in [4.69, 9.17) is 4.74 Å². The van der Waals surface area contributed by atoms with Gasteiger partial charge in [0.1, 0.15) is 5.78 Å². The predicted molar refractivity (Wildman–Crippen MR) is 65.6 cm³/mol. The Hall–Kier alpha value is -0.410. The third kappa shape index (κ3) is 5.08. The van der Waals surface area contributed by atoms with Crippen LogP contribution in [0.4, 0.5) is 0 Å². The molecule has 0 bridgehead atoms. The first-order valence-electron chi connectivity index (χ1n) is 6.41. The minimum atomic E-state index is 0.215. The summed E-state index contributed by atoms with van der Waals surface area (Å²) < 4.78 is 5.56. The Morgan fingerprint density at radius 2 is 2.25 bits per heavy atom. The third-order valence-corrected chi connectivity index (χ3v) is 3.23. The molecule has 0 radical (unpaired) electrons. The van der Waals surface area contributed by atoms with Crippen LogP contribution in [0.25, 0.3) is 0 Å². The molecule has 0 N–H and O–H groups in total. The van der Waals surface area contributed by atoms with Crippen molar-refractivity contribution in [2.45, 2.75) is 46.1 Å². The summed E-state index contributed by atoms with van der Waals surface area (Å²) in [6.45, 7) is 9.89.